The Morgan fingerprint density at radius 2 is 2.12 bits per heavy atom. The zero-order valence-electron chi connectivity index (χ0n) is 14.5. The van der Waals surface area contributed by atoms with Crippen molar-refractivity contribution in [3.63, 3.8) is 0 Å². The largest absolute Gasteiger partial charge is 0.366 e. The molecule has 1 aliphatic carbocycles. The Morgan fingerprint density at radius 1 is 1.28 bits per heavy atom. The molecule has 132 valence electrons. The highest BCUT2D eigenvalue weighted by atomic mass is 16.5. The van der Waals surface area contributed by atoms with Gasteiger partial charge in [0.25, 0.3) is 0 Å². The van der Waals surface area contributed by atoms with Crippen molar-refractivity contribution in [2.75, 3.05) is 19.7 Å². The van der Waals surface area contributed by atoms with Crippen LogP contribution in [-0.4, -0.2) is 40.6 Å². The fourth-order valence-corrected chi connectivity index (χ4v) is 3.66. The number of amides is 1. The Morgan fingerprint density at radius 3 is 2.92 bits per heavy atom. The van der Waals surface area contributed by atoms with Crippen molar-refractivity contribution in [1.82, 2.24) is 15.0 Å². The van der Waals surface area contributed by atoms with Gasteiger partial charge in [0.15, 0.2) is 0 Å². The summed E-state index contributed by atoms with van der Waals surface area (Å²) in [6.07, 6.45) is 4.95. The van der Waals surface area contributed by atoms with Gasteiger partial charge < -0.3 is 14.2 Å². The summed E-state index contributed by atoms with van der Waals surface area (Å²) in [5.74, 6) is 1.16. The Labute approximate surface area is 147 Å². The normalized spacial score (nSPS) is 20.4. The zero-order chi connectivity index (χ0) is 17.2. The van der Waals surface area contributed by atoms with Gasteiger partial charge in [0.2, 0.25) is 17.6 Å². The summed E-state index contributed by atoms with van der Waals surface area (Å²) in [7, 11) is 0. The second-order valence-corrected chi connectivity index (χ2v) is 6.86. The first kappa shape index (κ1) is 16.3. The quantitative estimate of drug-likeness (QED) is 0.857. The van der Waals surface area contributed by atoms with Crippen molar-refractivity contribution in [2.45, 2.75) is 45.1 Å². The number of morpholine rings is 1. The van der Waals surface area contributed by atoms with Gasteiger partial charge in [0.05, 0.1) is 19.6 Å². The maximum absolute atomic E-state index is 12.7. The number of carbonyl (C=O) groups is 1. The molecule has 6 nitrogen and oxygen atoms in total. The molecule has 0 bridgehead atoms. The third-order valence-electron chi connectivity index (χ3n) is 5.02. The van der Waals surface area contributed by atoms with Crippen LogP contribution in [0, 0.1) is 6.92 Å². The van der Waals surface area contributed by atoms with Crippen LogP contribution < -0.4 is 0 Å². The summed E-state index contributed by atoms with van der Waals surface area (Å²) >= 11 is 0. The molecule has 6 heteroatoms. The van der Waals surface area contributed by atoms with Crippen LogP contribution in [0.2, 0.25) is 0 Å². The Bertz CT molecular complexity index is 771. The van der Waals surface area contributed by atoms with Crippen LogP contribution in [0.4, 0.5) is 0 Å². The van der Waals surface area contributed by atoms with Gasteiger partial charge >= 0.3 is 0 Å². The van der Waals surface area contributed by atoms with Crippen LogP contribution in [0.25, 0.3) is 0 Å². The minimum Gasteiger partial charge on any atom is -0.366 e. The van der Waals surface area contributed by atoms with Crippen molar-refractivity contribution < 1.29 is 14.1 Å². The molecule has 2 aromatic rings. The molecule has 0 radical (unpaired) electrons. The molecule has 1 unspecified atom stereocenters. The number of fused-ring (bicyclic) bond motifs is 1. The number of ether oxygens (including phenoxy) is 1. The van der Waals surface area contributed by atoms with Crippen molar-refractivity contribution in [2.24, 2.45) is 0 Å². The number of carbonyl (C=O) groups excluding carboxylic acids is 1. The second-order valence-electron chi connectivity index (χ2n) is 6.86. The van der Waals surface area contributed by atoms with E-state index in [1.807, 2.05) is 4.90 Å². The Hall–Kier alpha value is -2.21. The molecule has 1 aliphatic heterocycles. The third-order valence-corrected chi connectivity index (χ3v) is 5.02. The monoisotopic (exact) mass is 341 g/mol. The lowest BCUT2D eigenvalue weighted by molar-refractivity contribution is -0.138. The summed E-state index contributed by atoms with van der Waals surface area (Å²) in [4.78, 5) is 18.8. The topological polar surface area (TPSA) is 68.5 Å². The molecular formula is C19H23N3O3. The smallest absolute Gasteiger partial charge is 0.227 e. The van der Waals surface area contributed by atoms with E-state index in [0.717, 1.165) is 12.0 Å². The lowest BCUT2D eigenvalue weighted by Gasteiger charge is -2.31. The fourth-order valence-electron chi connectivity index (χ4n) is 3.66. The summed E-state index contributed by atoms with van der Waals surface area (Å²) in [5, 5.41) is 3.92. The molecule has 1 amide bonds. The molecule has 1 aromatic carbocycles. The van der Waals surface area contributed by atoms with E-state index < -0.39 is 0 Å². The molecule has 1 saturated heterocycles. The van der Waals surface area contributed by atoms with Crippen molar-refractivity contribution in [1.29, 1.82) is 0 Å². The first-order valence-corrected chi connectivity index (χ1v) is 8.99. The van der Waals surface area contributed by atoms with Crippen LogP contribution in [0.3, 0.4) is 0 Å². The summed E-state index contributed by atoms with van der Waals surface area (Å²) in [5.41, 5.74) is 3.96. The summed E-state index contributed by atoms with van der Waals surface area (Å²) in [6, 6.07) is 6.51. The number of nitrogens with zero attached hydrogens (tertiary/aromatic N) is 3. The average Bonchev–Trinajstić information content (AvgIpc) is 3.08. The van der Waals surface area contributed by atoms with Crippen molar-refractivity contribution >= 4 is 5.91 Å². The first-order chi connectivity index (χ1) is 12.2. The lowest BCUT2D eigenvalue weighted by atomic mass is 9.90. The molecule has 2 aliphatic rings. The van der Waals surface area contributed by atoms with Gasteiger partial charge in [-0.15, -0.1) is 0 Å². The van der Waals surface area contributed by atoms with E-state index in [0.29, 0.717) is 37.8 Å². The summed E-state index contributed by atoms with van der Waals surface area (Å²) in [6.45, 7) is 3.33. The second kappa shape index (κ2) is 6.96. The first-order valence-electron chi connectivity index (χ1n) is 8.99. The number of aryl methyl sites for hydroxylation is 3. The molecule has 0 saturated carbocycles. The van der Waals surface area contributed by atoms with E-state index in [1.165, 1.54) is 30.4 Å². The molecule has 4 rings (SSSR count). The van der Waals surface area contributed by atoms with Gasteiger partial charge in [0.1, 0.15) is 6.10 Å². The van der Waals surface area contributed by atoms with Crippen molar-refractivity contribution in [3.05, 3.63) is 46.6 Å². The van der Waals surface area contributed by atoms with Crippen LogP contribution in [0.5, 0.6) is 0 Å². The minimum atomic E-state index is -0.307. The molecular weight excluding hydrogens is 318 g/mol. The van der Waals surface area contributed by atoms with Gasteiger partial charge in [-0.1, -0.05) is 23.4 Å². The van der Waals surface area contributed by atoms with Crippen LogP contribution in [0.15, 0.2) is 22.7 Å². The number of aromatic nitrogens is 2. The standard InChI is InChI=1S/C19H23N3O3/c1-13-20-19(21-25-13)17-12-22(8-9-24-17)18(23)11-14-6-7-15-4-2-3-5-16(15)10-14/h6-7,10,17H,2-5,8-9,11-12H2,1H3. The van der Waals surface area contributed by atoms with Gasteiger partial charge in [-0.25, -0.2) is 0 Å². The van der Waals surface area contributed by atoms with Crippen LogP contribution >= 0.6 is 0 Å². The predicted octanol–water partition coefficient (Wildman–Crippen LogP) is 2.40. The maximum Gasteiger partial charge on any atom is 0.227 e. The third kappa shape index (κ3) is 3.58. The zero-order valence-corrected chi connectivity index (χ0v) is 14.5. The Balaban J connectivity index is 1.42. The molecule has 0 N–H and O–H groups in total. The van der Waals surface area contributed by atoms with E-state index in [9.17, 15) is 4.79 Å². The molecule has 0 spiro atoms. The number of benzene rings is 1. The fraction of sp³-hybridized carbons (Fsp3) is 0.526. The van der Waals surface area contributed by atoms with E-state index in [4.69, 9.17) is 9.26 Å². The lowest BCUT2D eigenvalue weighted by Crippen LogP contribution is -2.43. The van der Waals surface area contributed by atoms with E-state index in [1.54, 1.807) is 6.92 Å². The van der Waals surface area contributed by atoms with E-state index in [-0.39, 0.29) is 12.0 Å². The van der Waals surface area contributed by atoms with E-state index in [2.05, 4.69) is 28.3 Å². The van der Waals surface area contributed by atoms with Gasteiger partial charge in [0, 0.05) is 13.5 Å². The highest BCUT2D eigenvalue weighted by molar-refractivity contribution is 5.79. The van der Waals surface area contributed by atoms with Gasteiger partial charge in [-0.2, -0.15) is 4.98 Å². The minimum absolute atomic E-state index is 0.129. The highest BCUT2D eigenvalue weighted by Gasteiger charge is 2.28. The predicted molar refractivity (Wildman–Crippen MR) is 91.1 cm³/mol. The number of hydrogen-bond donors (Lipinski definition) is 0. The van der Waals surface area contributed by atoms with Gasteiger partial charge in [-0.05, 0) is 42.4 Å². The summed E-state index contributed by atoms with van der Waals surface area (Å²) < 4.78 is 10.7. The molecule has 1 aromatic heterocycles. The molecule has 1 fully saturated rings. The van der Waals surface area contributed by atoms with Gasteiger partial charge in [-0.3, -0.25) is 4.79 Å². The van der Waals surface area contributed by atoms with Crippen LogP contribution in [0.1, 0.15) is 47.4 Å². The molecule has 25 heavy (non-hydrogen) atoms. The van der Waals surface area contributed by atoms with E-state index >= 15 is 0 Å². The maximum atomic E-state index is 12.7. The van der Waals surface area contributed by atoms with Crippen LogP contribution in [-0.2, 0) is 28.8 Å². The average molecular weight is 341 g/mol. The molecule has 2 heterocycles. The molecule has 1 atom stereocenters. The number of rotatable bonds is 3. The number of hydrogen-bond acceptors (Lipinski definition) is 5. The Kier molecular flexibility index (Phi) is 4.53. The van der Waals surface area contributed by atoms with Crippen molar-refractivity contribution in [3.8, 4) is 0 Å². The highest BCUT2D eigenvalue weighted by Crippen LogP contribution is 2.24. The SMILES string of the molecule is Cc1nc(C2CN(C(=O)Cc3ccc4c(c3)CCCC4)CCO2)no1.